The zero-order valence-electron chi connectivity index (χ0n) is 11.8. The van der Waals surface area contributed by atoms with Crippen molar-refractivity contribution >= 4 is 27.3 Å². The quantitative estimate of drug-likeness (QED) is 0.451. The Bertz CT molecular complexity index is 828. The Balaban J connectivity index is 2.28. The van der Waals surface area contributed by atoms with E-state index < -0.39 is 20.0 Å². The zero-order valence-corrected chi connectivity index (χ0v) is 13.5. The Morgan fingerprint density at radius 2 is 1.74 bits per heavy atom. The van der Waals surface area contributed by atoms with Crippen LogP contribution in [0.2, 0.25) is 0 Å². The number of non-ortho nitro benzene ring substituents is 1. The SMILES string of the molecule is N#CS[C@@H](CS(=O)(=O)c1ccc([N+](=O)[O-])cc1)c1ccccc1. The molecule has 1 atom stereocenters. The minimum absolute atomic E-state index is 0.00238. The monoisotopic (exact) mass is 348 g/mol. The van der Waals surface area contributed by atoms with Crippen molar-refractivity contribution in [1.29, 1.82) is 5.26 Å². The largest absolute Gasteiger partial charge is 0.269 e. The molecule has 6 nitrogen and oxygen atoms in total. The minimum Gasteiger partial charge on any atom is -0.258 e. The molecule has 0 saturated carbocycles. The van der Waals surface area contributed by atoms with Crippen LogP contribution in [0.25, 0.3) is 0 Å². The Morgan fingerprint density at radius 3 is 2.26 bits per heavy atom. The van der Waals surface area contributed by atoms with Crippen LogP contribution in [0.1, 0.15) is 10.8 Å². The number of nitriles is 1. The normalized spacial score (nSPS) is 12.3. The standard InChI is InChI=1S/C15H12N2O4S2/c16-11-22-15(12-4-2-1-3-5-12)10-23(20,21)14-8-6-13(7-9-14)17(18)19/h1-9,15H,10H2/t15-/m0/s1. The van der Waals surface area contributed by atoms with E-state index in [-0.39, 0.29) is 16.3 Å². The van der Waals surface area contributed by atoms with E-state index in [4.69, 9.17) is 5.26 Å². The molecule has 118 valence electrons. The van der Waals surface area contributed by atoms with Crippen LogP contribution in [0.5, 0.6) is 0 Å². The summed E-state index contributed by atoms with van der Waals surface area (Å²) in [6, 6.07) is 13.6. The van der Waals surface area contributed by atoms with Crippen LogP contribution in [0.4, 0.5) is 5.69 Å². The number of thioether (sulfide) groups is 1. The Kier molecular flexibility index (Phi) is 5.36. The summed E-state index contributed by atoms with van der Waals surface area (Å²) in [6.07, 6.45) is 0. The number of sulfone groups is 1. The van der Waals surface area contributed by atoms with Gasteiger partial charge in [0.15, 0.2) is 9.84 Å². The van der Waals surface area contributed by atoms with Gasteiger partial charge < -0.3 is 0 Å². The number of nitro benzene ring substituents is 1. The summed E-state index contributed by atoms with van der Waals surface area (Å²) in [5.74, 6) is -0.257. The van der Waals surface area contributed by atoms with Gasteiger partial charge in [0.2, 0.25) is 0 Å². The summed E-state index contributed by atoms with van der Waals surface area (Å²) >= 11 is 0.877. The Hall–Kier alpha value is -2.37. The molecule has 0 bridgehead atoms. The third-order valence-corrected chi connectivity index (χ3v) is 5.95. The number of hydrogen-bond donors (Lipinski definition) is 0. The average molecular weight is 348 g/mol. The highest BCUT2D eigenvalue weighted by Crippen LogP contribution is 2.31. The van der Waals surface area contributed by atoms with Gasteiger partial charge in [-0.1, -0.05) is 30.3 Å². The van der Waals surface area contributed by atoms with Gasteiger partial charge in [-0.25, -0.2) is 8.42 Å². The molecule has 2 rings (SSSR count). The Morgan fingerprint density at radius 1 is 1.13 bits per heavy atom. The zero-order chi connectivity index (χ0) is 16.9. The lowest BCUT2D eigenvalue weighted by Gasteiger charge is -2.13. The first-order chi connectivity index (χ1) is 10.9. The summed E-state index contributed by atoms with van der Waals surface area (Å²) in [6.45, 7) is 0. The summed E-state index contributed by atoms with van der Waals surface area (Å²) in [7, 11) is -3.67. The molecule has 0 unspecified atom stereocenters. The fourth-order valence-corrected chi connectivity index (χ4v) is 4.56. The molecule has 0 aliphatic heterocycles. The van der Waals surface area contributed by atoms with E-state index in [0.29, 0.717) is 0 Å². The van der Waals surface area contributed by atoms with Crippen molar-refractivity contribution in [3.05, 3.63) is 70.3 Å². The molecule has 0 radical (unpaired) electrons. The number of thiocyanates is 1. The molecule has 0 spiro atoms. The van der Waals surface area contributed by atoms with Gasteiger partial charge in [0.05, 0.1) is 20.8 Å². The molecule has 0 aliphatic carbocycles. The van der Waals surface area contributed by atoms with E-state index >= 15 is 0 Å². The number of nitro groups is 1. The number of benzene rings is 2. The highest BCUT2D eigenvalue weighted by Gasteiger charge is 2.24. The van der Waals surface area contributed by atoms with E-state index in [2.05, 4.69) is 0 Å². The highest BCUT2D eigenvalue weighted by atomic mass is 32.2. The first kappa shape index (κ1) is 17.0. The van der Waals surface area contributed by atoms with Gasteiger partial charge in [-0.3, -0.25) is 10.1 Å². The minimum atomic E-state index is -3.67. The fraction of sp³-hybridized carbons (Fsp3) is 0.133. The maximum Gasteiger partial charge on any atom is 0.269 e. The van der Waals surface area contributed by atoms with E-state index in [1.807, 2.05) is 11.5 Å². The predicted molar refractivity (Wildman–Crippen MR) is 87.5 cm³/mol. The van der Waals surface area contributed by atoms with Gasteiger partial charge in [-0.2, -0.15) is 5.26 Å². The first-order valence-corrected chi connectivity index (χ1v) is 9.04. The predicted octanol–water partition coefficient (Wildman–Crippen LogP) is 3.32. The van der Waals surface area contributed by atoms with Crippen molar-refractivity contribution in [2.75, 3.05) is 5.75 Å². The second-order valence-corrected chi connectivity index (χ2v) is 7.66. The van der Waals surface area contributed by atoms with E-state index in [1.54, 1.807) is 24.3 Å². The summed E-state index contributed by atoms with van der Waals surface area (Å²) < 4.78 is 25.0. The van der Waals surface area contributed by atoms with Crippen LogP contribution in [0.3, 0.4) is 0 Å². The molecule has 0 aromatic heterocycles. The molecular formula is C15H12N2O4S2. The molecule has 8 heteroatoms. The van der Waals surface area contributed by atoms with Crippen LogP contribution >= 0.6 is 11.8 Å². The van der Waals surface area contributed by atoms with Crippen molar-refractivity contribution < 1.29 is 13.3 Å². The molecule has 0 fully saturated rings. The van der Waals surface area contributed by atoms with Gasteiger partial charge in [0.25, 0.3) is 5.69 Å². The highest BCUT2D eigenvalue weighted by molar-refractivity contribution is 8.04. The smallest absolute Gasteiger partial charge is 0.258 e. The summed E-state index contributed by atoms with van der Waals surface area (Å²) in [5, 5.41) is 20.9. The van der Waals surface area contributed by atoms with Gasteiger partial charge in [0.1, 0.15) is 5.40 Å². The molecule has 0 amide bonds. The van der Waals surface area contributed by atoms with Crippen LogP contribution in [-0.4, -0.2) is 19.1 Å². The van der Waals surface area contributed by atoms with Crippen molar-refractivity contribution in [1.82, 2.24) is 0 Å². The van der Waals surface area contributed by atoms with Crippen LogP contribution < -0.4 is 0 Å². The number of nitrogens with zero attached hydrogens (tertiary/aromatic N) is 2. The topological polar surface area (TPSA) is 101 Å². The van der Waals surface area contributed by atoms with Gasteiger partial charge in [-0.15, -0.1) is 0 Å². The third-order valence-electron chi connectivity index (χ3n) is 3.14. The van der Waals surface area contributed by atoms with Crippen molar-refractivity contribution in [2.45, 2.75) is 10.1 Å². The van der Waals surface area contributed by atoms with E-state index in [1.165, 1.54) is 12.1 Å². The maximum absolute atomic E-state index is 12.5. The van der Waals surface area contributed by atoms with Crippen molar-refractivity contribution in [3.8, 4) is 5.40 Å². The third kappa shape index (κ3) is 4.31. The van der Waals surface area contributed by atoms with Crippen LogP contribution in [0, 0.1) is 20.8 Å². The van der Waals surface area contributed by atoms with Crippen LogP contribution in [0.15, 0.2) is 59.5 Å². The van der Waals surface area contributed by atoms with E-state index in [0.717, 1.165) is 29.5 Å². The fourth-order valence-electron chi connectivity index (χ4n) is 2.00. The second-order valence-electron chi connectivity index (χ2n) is 4.64. The molecule has 0 heterocycles. The van der Waals surface area contributed by atoms with Crippen molar-refractivity contribution in [2.24, 2.45) is 0 Å². The van der Waals surface area contributed by atoms with Crippen LogP contribution in [-0.2, 0) is 9.84 Å². The van der Waals surface area contributed by atoms with Gasteiger partial charge in [-0.05, 0) is 29.5 Å². The second kappa shape index (κ2) is 7.26. The van der Waals surface area contributed by atoms with E-state index in [9.17, 15) is 18.5 Å². The molecule has 0 aliphatic rings. The molecule has 0 saturated heterocycles. The number of hydrogen-bond acceptors (Lipinski definition) is 6. The lowest BCUT2D eigenvalue weighted by atomic mass is 10.2. The first-order valence-electron chi connectivity index (χ1n) is 6.51. The maximum atomic E-state index is 12.5. The molecule has 2 aromatic carbocycles. The molecular weight excluding hydrogens is 336 g/mol. The lowest BCUT2D eigenvalue weighted by molar-refractivity contribution is -0.384. The molecule has 2 aromatic rings. The average Bonchev–Trinajstić information content (AvgIpc) is 2.55. The van der Waals surface area contributed by atoms with Gasteiger partial charge in [0, 0.05) is 12.1 Å². The molecule has 0 N–H and O–H groups in total. The lowest BCUT2D eigenvalue weighted by Crippen LogP contribution is -2.13. The summed E-state index contributed by atoms with van der Waals surface area (Å²) in [5.41, 5.74) is 0.569. The number of rotatable bonds is 6. The Labute approximate surface area is 137 Å². The summed E-state index contributed by atoms with van der Waals surface area (Å²) in [4.78, 5) is 10.0. The van der Waals surface area contributed by atoms with Gasteiger partial charge >= 0.3 is 0 Å². The molecule has 23 heavy (non-hydrogen) atoms. The van der Waals surface area contributed by atoms with Crippen molar-refractivity contribution in [3.63, 3.8) is 0 Å².